The molecule has 0 bridgehead atoms. The van der Waals surface area contributed by atoms with Crippen molar-refractivity contribution in [3.05, 3.63) is 52.6 Å². The van der Waals surface area contributed by atoms with Crippen LogP contribution in [0.5, 0.6) is 5.75 Å². The van der Waals surface area contributed by atoms with Crippen LogP contribution in [-0.4, -0.2) is 22.8 Å². The summed E-state index contributed by atoms with van der Waals surface area (Å²) >= 11 is 0. The highest BCUT2D eigenvalue weighted by Crippen LogP contribution is 2.11. The van der Waals surface area contributed by atoms with E-state index in [1.165, 1.54) is 6.20 Å². The normalized spacial score (nSPS) is 10.6. The SMILES string of the molecule is CCOc1cccc(C=NNc2ccnc(=O)[nH]2)c1. The average Bonchev–Trinajstić information content (AvgIpc) is 2.40. The molecule has 1 heterocycles. The number of aromatic nitrogens is 2. The Bertz CT molecular complexity index is 622. The van der Waals surface area contributed by atoms with Gasteiger partial charge < -0.3 is 4.74 Å². The maximum atomic E-state index is 11.0. The number of rotatable bonds is 5. The first-order valence-corrected chi connectivity index (χ1v) is 5.85. The Morgan fingerprint density at radius 2 is 2.37 bits per heavy atom. The van der Waals surface area contributed by atoms with Crippen molar-refractivity contribution in [3.63, 3.8) is 0 Å². The molecule has 0 amide bonds. The van der Waals surface area contributed by atoms with Crippen LogP contribution in [0.3, 0.4) is 0 Å². The topological polar surface area (TPSA) is 79.4 Å². The lowest BCUT2D eigenvalue weighted by atomic mass is 10.2. The molecule has 0 aliphatic heterocycles. The summed E-state index contributed by atoms with van der Waals surface area (Å²) in [5, 5.41) is 4.03. The van der Waals surface area contributed by atoms with Gasteiger partial charge in [-0.15, -0.1) is 0 Å². The van der Waals surface area contributed by atoms with Crippen molar-refractivity contribution in [2.45, 2.75) is 6.92 Å². The third-order valence-electron chi connectivity index (χ3n) is 2.24. The summed E-state index contributed by atoms with van der Waals surface area (Å²) in [6.07, 6.45) is 3.05. The van der Waals surface area contributed by atoms with E-state index in [4.69, 9.17) is 4.74 Å². The van der Waals surface area contributed by atoms with E-state index in [1.807, 2.05) is 31.2 Å². The van der Waals surface area contributed by atoms with Gasteiger partial charge in [0.05, 0.1) is 12.8 Å². The standard InChI is InChI=1S/C13H14N4O2/c1-2-19-11-5-3-4-10(8-11)9-15-17-12-6-7-14-13(18)16-12/h3-9H,2H2,1H3,(H2,14,16,17,18). The minimum Gasteiger partial charge on any atom is -0.494 e. The van der Waals surface area contributed by atoms with E-state index in [-0.39, 0.29) is 0 Å². The number of hydrogen-bond acceptors (Lipinski definition) is 5. The lowest BCUT2D eigenvalue weighted by molar-refractivity contribution is 0.340. The van der Waals surface area contributed by atoms with E-state index in [0.717, 1.165) is 11.3 Å². The van der Waals surface area contributed by atoms with Crippen LogP contribution in [0.1, 0.15) is 12.5 Å². The molecule has 6 nitrogen and oxygen atoms in total. The highest BCUT2D eigenvalue weighted by Gasteiger charge is 1.94. The predicted octanol–water partition coefficient (Wildman–Crippen LogP) is 1.61. The predicted molar refractivity (Wildman–Crippen MR) is 73.7 cm³/mol. The fourth-order valence-electron chi connectivity index (χ4n) is 1.46. The van der Waals surface area contributed by atoms with E-state index < -0.39 is 5.69 Å². The fourth-order valence-corrected chi connectivity index (χ4v) is 1.46. The zero-order chi connectivity index (χ0) is 13.5. The number of benzene rings is 1. The largest absolute Gasteiger partial charge is 0.494 e. The van der Waals surface area contributed by atoms with Gasteiger partial charge in [-0.05, 0) is 30.7 Å². The van der Waals surface area contributed by atoms with Crippen LogP contribution < -0.4 is 15.9 Å². The molecular formula is C13H14N4O2. The van der Waals surface area contributed by atoms with Gasteiger partial charge in [0.2, 0.25) is 0 Å². The molecule has 0 saturated carbocycles. The highest BCUT2D eigenvalue weighted by atomic mass is 16.5. The highest BCUT2D eigenvalue weighted by molar-refractivity contribution is 5.80. The molecule has 0 fully saturated rings. The molecule has 1 aromatic heterocycles. The first kappa shape index (κ1) is 12.8. The molecule has 0 aliphatic carbocycles. The maximum absolute atomic E-state index is 11.0. The smallest absolute Gasteiger partial charge is 0.346 e. The molecule has 0 unspecified atom stereocenters. The van der Waals surface area contributed by atoms with Gasteiger partial charge >= 0.3 is 5.69 Å². The zero-order valence-corrected chi connectivity index (χ0v) is 10.5. The van der Waals surface area contributed by atoms with Crippen molar-refractivity contribution in [3.8, 4) is 5.75 Å². The quantitative estimate of drug-likeness (QED) is 0.631. The van der Waals surface area contributed by atoms with Crippen LogP contribution in [0.4, 0.5) is 5.82 Å². The number of ether oxygens (including phenoxy) is 1. The first-order valence-electron chi connectivity index (χ1n) is 5.85. The molecule has 98 valence electrons. The summed E-state index contributed by atoms with van der Waals surface area (Å²) < 4.78 is 5.39. The van der Waals surface area contributed by atoms with E-state index in [0.29, 0.717) is 12.4 Å². The summed E-state index contributed by atoms with van der Waals surface area (Å²) in [6, 6.07) is 9.18. The Kier molecular flexibility index (Phi) is 4.28. The molecule has 6 heteroatoms. The molecule has 1 aromatic carbocycles. The van der Waals surface area contributed by atoms with Crippen molar-refractivity contribution in [2.24, 2.45) is 5.10 Å². The van der Waals surface area contributed by atoms with E-state index in [2.05, 4.69) is 20.5 Å². The third kappa shape index (κ3) is 3.95. The number of hydrazone groups is 1. The van der Waals surface area contributed by atoms with Crippen molar-refractivity contribution in [1.29, 1.82) is 0 Å². The summed E-state index contributed by atoms with van der Waals surface area (Å²) in [5.41, 5.74) is 3.20. The first-order chi connectivity index (χ1) is 9.28. The Hall–Kier alpha value is -2.63. The van der Waals surface area contributed by atoms with Gasteiger partial charge in [0, 0.05) is 6.20 Å². The minimum absolute atomic E-state index is 0.418. The number of H-pyrrole nitrogens is 1. The van der Waals surface area contributed by atoms with Gasteiger partial charge in [0.1, 0.15) is 11.6 Å². The van der Waals surface area contributed by atoms with E-state index in [9.17, 15) is 4.79 Å². The van der Waals surface area contributed by atoms with Crippen molar-refractivity contribution < 1.29 is 4.74 Å². The number of anilines is 1. The summed E-state index contributed by atoms with van der Waals surface area (Å²) in [5.74, 6) is 1.28. The summed E-state index contributed by atoms with van der Waals surface area (Å²) in [7, 11) is 0. The van der Waals surface area contributed by atoms with Crippen LogP contribution in [0.25, 0.3) is 0 Å². The van der Waals surface area contributed by atoms with E-state index in [1.54, 1.807) is 12.3 Å². The average molecular weight is 258 g/mol. The summed E-state index contributed by atoms with van der Waals surface area (Å²) in [6.45, 7) is 2.55. The number of nitrogens with one attached hydrogen (secondary N) is 2. The van der Waals surface area contributed by atoms with Gasteiger partial charge in [-0.2, -0.15) is 5.10 Å². The second kappa shape index (κ2) is 6.34. The Labute approximate surface area is 110 Å². The van der Waals surface area contributed by atoms with E-state index >= 15 is 0 Å². The third-order valence-corrected chi connectivity index (χ3v) is 2.24. The molecular weight excluding hydrogens is 244 g/mol. The van der Waals surface area contributed by atoms with Gasteiger partial charge in [-0.1, -0.05) is 12.1 Å². The number of nitrogens with zero attached hydrogens (tertiary/aromatic N) is 2. The second-order valence-corrected chi connectivity index (χ2v) is 3.66. The van der Waals surface area contributed by atoms with Gasteiger partial charge in [-0.3, -0.25) is 10.4 Å². The van der Waals surface area contributed by atoms with Crippen LogP contribution >= 0.6 is 0 Å². The molecule has 2 N–H and O–H groups in total. The van der Waals surface area contributed by atoms with Gasteiger partial charge in [0.15, 0.2) is 0 Å². The molecule has 0 atom stereocenters. The van der Waals surface area contributed by atoms with Crippen molar-refractivity contribution in [1.82, 2.24) is 9.97 Å². The Morgan fingerprint density at radius 3 is 3.16 bits per heavy atom. The Balaban J connectivity index is 2.02. The lowest BCUT2D eigenvalue weighted by Gasteiger charge is -2.03. The monoisotopic (exact) mass is 258 g/mol. The van der Waals surface area contributed by atoms with Gasteiger partial charge in [-0.25, -0.2) is 9.78 Å². The second-order valence-electron chi connectivity index (χ2n) is 3.66. The number of aromatic amines is 1. The lowest BCUT2D eigenvalue weighted by Crippen LogP contribution is -2.10. The summed E-state index contributed by atoms with van der Waals surface area (Å²) in [4.78, 5) is 17.0. The van der Waals surface area contributed by atoms with Gasteiger partial charge in [0.25, 0.3) is 0 Å². The maximum Gasteiger partial charge on any atom is 0.346 e. The van der Waals surface area contributed by atoms with Crippen molar-refractivity contribution >= 4 is 12.0 Å². The van der Waals surface area contributed by atoms with Crippen LogP contribution in [-0.2, 0) is 0 Å². The number of hydrogen-bond donors (Lipinski definition) is 2. The molecule has 2 rings (SSSR count). The Morgan fingerprint density at radius 1 is 1.47 bits per heavy atom. The minimum atomic E-state index is -0.418. The molecule has 0 aliphatic rings. The molecule has 0 spiro atoms. The molecule has 19 heavy (non-hydrogen) atoms. The van der Waals surface area contributed by atoms with Crippen LogP contribution in [0.15, 0.2) is 46.4 Å². The molecule has 0 radical (unpaired) electrons. The van der Waals surface area contributed by atoms with Crippen LogP contribution in [0.2, 0.25) is 0 Å². The molecule has 0 saturated heterocycles. The fraction of sp³-hybridized carbons (Fsp3) is 0.154. The molecule has 2 aromatic rings. The van der Waals surface area contributed by atoms with Crippen molar-refractivity contribution in [2.75, 3.05) is 12.0 Å². The zero-order valence-electron chi connectivity index (χ0n) is 10.5. The van der Waals surface area contributed by atoms with Crippen LogP contribution in [0, 0.1) is 0 Å².